The van der Waals surface area contributed by atoms with Crippen molar-refractivity contribution in [3.8, 4) is 34.4 Å². The van der Waals surface area contributed by atoms with Crippen molar-refractivity contribution in [1.82, 2.24) is 15.3 Å². The van der Waals surface area contributed by atoms with Gasteiger partial charge in [-0.3, -0.25) is 14.8 Å². The Balaban J connectivity index is 1.10. The first kappa shape index (κ1) is 37.4. The van der Waals surface area contributed by atoms with E-state index in [4.69, 9.17) is 9.97 Å². The molecule has 4 aromatic rings. The number of pyridine rings is 2. The van der Waals surface area contributed by atoms with Crippen LogP contribution in [0.3, 0.4) is 0 Å². The fourth-order valence-electron chi connectivity index (χ4n) is 8.72. The highest BCUT2D eigenvalue weighted by atomic mass is 16.1. The van der Waals surface area contributed by atoms with Crippen molar-refractivity contribution in [2.24, 2.45) is 47.3 Å². The molecule has 0 saturated heterocycles. The molecule has 0 bridgehead atoms. The van der Waals surface area contributed by atoms with Crippen LogP contribution in [-0.2, 0) is 4.79 Å². The molecule has 6 heteroatoms. The smallest absolute Gasteiger partial charge is 0.220 e. The molecule has 2 fully saturated rings. The molecule has 6 rings (SSSR count). The lowest BCUT2D eigenvalue weighted by molar-refractivity contribution is -0.124. The minimum Gasteiger partial charge on any atom is -0.353 e. The predicted molar refractivity (Wildman–Crippen MR) is 214 cm³/mol. The van der Waals surface area contributed by atoms with Crippen molar-refractivity contribution in [2.45, 2.75) is 66.3 Å². The van der Waals surface area contributed by atoms with Crippen molar-refractivity contribution in [3.05, 3.63) is 120 Å². The first-order valence-corrected chi connectivity index (χ1v) is 19.2. The summed E-state index contributed by atoms with van der Waals surface area (Å²) in [5, 5.41) is 22.5. The predicted octanol–water partition coefficient (Wildman–Crippen LogP) is 10.4. The summed E-state index contributed by atoms with van der Waals surface area (Å²) in [6.45, 7) is 11.6. The molecule has 2 aromatic carbocycles. The van der Waals surface area contributed by atoms with Gasteiger partial charge in [-0.2, -0.15) is 10.5 Å². The zero-order valence-corrected chi connectivity index (χ0v) is 31.6. The molecular formula is C47H51N5O. The van der Waals surface area contributed by atoms with Crippen molar-refractivity contribution in [1.29, 1.82) is 10.5 Å². The second-order valence-corrected chi connectivity index (χ2v) is 15.6. The van der Waals surface area contributed by atoms with Gasteiger partial charge in [-0.05, 0) is 96.6 Å². The van der Waals surface area contributed by atoms with Gasteiger partial charge in [0.15, 0.2) is 0 Å². The normalized spacial score (nSPS) is 27.3. The average molecular weight is 702 g/mol. The number of hydrogen-bond acceptors (Lipinski definition) is 5. The van der Waals surface area contributed by atoms with Crippen LogP contribution >= 0.6 is 0 Å². The van der Waals surface area contributed by atoms with Gasteiger partial charge < -0.3 is 5.32 Å². The van der Waals surface area contributed by atoms with Crippen LogP contribution in [-0.4, -0.2) is 21.9 Å². The Morgan fingerprint density at radius 2 is 1.23 bits per heavy atom. The van der Waals surface area contributed by atoms with Gasteiger partial charge in [0.05, 0.1) is 34.7 Å². The second kappa shape index (κ2) is 17.0. The van der Waals surface area contributed by atoms with Gasteiger partial charge >= 0.3 is 0 Å². The van der Waals surface area contributed by atoms with E-state index >= 15 is 0 Å². The van der Waals surface area contributed by atoms with Gasteiger partial charge in [0.2, 0.25) is 5.91 Å². The Labute approximate surface area is 315 Å². The lowest BCUT2D eigenvalue weighted by atomic mass is 9.65. The third-order valence-corrected chi connectivity index (χ3v) is 12.5. The topological polar surface area (TPSA) is 102 Å². The summed E-state index contributed by atoms with van der Waals surface area (Å²) in [5.41, 5.74) is 6.69. The number of nitrogens with one attached hydrogen (secondary N) is 1. The zero-order chi connectivity index (χ0) is 37.5. The van der Waals surface area contributed by atoms with E-state index in [1.54, 1.807) is 0 Å². The van der Waals surface area contributed by atoms with Gasteiger partial charge in [0.25, 0.3) is 0 Å². The fourth-order valence-corrected chi connectivity index (χ4v) is 8.72. The Hall–Kier alpha value is -5.33. The standard InChI is InChI=1S/C47H51N5O/c1-30-14-15-35(43(32(30)3)23-21-41-19-17-39(29-51-41)45-13-9-7-11-37(45)27-49)25-47(53)52-46-24-31(2)33(4)42(34(46)5)22-20-40-18-16-38(28-50-40)44-12-8-6-10-36(44)26-48/h6-13,16-23,28-35,42-43,46H,14-15,24-25H2,1-5H3,(H,52,53)/t30-,31-,32+,33+,34?,35+,42-,43-,46?/m0/s1. The van der Waals surface area contributed by atoms with E-state index in [0.717, 1.165) is 52.9 Å². The number of nitriles is 2. The van der Waals surface area contributed by atoms with Gasteiger partial charge in [-0.1, -0.05) is 102 Å². The van der Waals surface area contributed by atoms with Gasteiger partial charge in [0, 0.05) is 47.1 Å². The summed E-state index contributed by atoms with van der Waals surface area (Å²) in [6.07, 6.45) is 16.2. The number of benzene rings is 2. The Morgan fingerprint density at radius 3 is 1.75 bits per heavy atom. The minimum absolute atomic E-state index is 0.115. The number of carbonyl (C=O) groups is 1. The third-order valence-electron chi connectivity index (χ3n) is 12.5. The lowest BCUT2D eigenvalue weighted by Crippen LogP contribution is -2.49. The van der Waals surface area contributed by atoms with Crippen LogP contribution in [0.5, 0.6) is 0 Å². The van der Waals surface area contributed by atoms with Crippen LogP contribution in [0.25, 0.3) is 34.4 Å². The highest BCUT2D eigenvalue weighted by Gasteiger charge is 2.39. The van der Waals surface area contributed by atoms with Crippen molar-refractivity contribution in [2.75, 3.05) is 0 Å². The minimum atomic E-state index is 0.115. The molecule has 6 nitrogen and oxygen atoms in total. The number of rotatable bonds is 9. The van der Waals surface area contributed by atoms with E-state index in [0.29, 0.717) is 53.1 Å². The van der Waals surface area contributed by atoms with E-state index in [2.05, 4.69) is 76.4 Å². The fraction of sp³-hybridized carbons (Fsp3) is 0.383. The molecule has 9 atom stereocenters. The van der Waals surface area contributed by atoms with E-state index in [1.807, 2.05) is 85.2 Å². The Bertz CT molecular complexity index is 2020. The Morgan fingerprint density at radius 1 is 0.698 bits per heavy atom. The van der Waals surface area contributed by atoms with Gasteiger partial charge in [-0.25, -0.2) is 0 Å². The molecule has 2 unspecified atom stereocenters. The summed E-state index contributed by atoms with van der Waals surface area (Å²) in [5.74, 6) is 3.33. The van der Waals surface area contributed by atoms with Crippen LogP contribution in [0.2, 0.25) is 0 Å². The first-order chi connectivity index (χ1) is 25.7. The molecule has 0 spiro atoms. The van der Waals surface area contributed by atoms with E-state index in [9.17, 15) is 15.3 Å². The maximum absolute atomic E-state index is 13.8. The number of nitrogens with zero attached hydrogens (tertiary/aromatic N) is 4. The highest BCUT2D eigenvalue weighted by Crippen LogP contribution is 2.43. The Kier molecular flexibility index (Phi) is 12.0. The molecule has 2 aromatic heterocycles. The van der Waals surface area contributed by atoms with Gasteiger partial charge in [-0.15, -0.1) is 0 Å². The molecule has 270 valence electrons. The van der Waals surface area contributed by atoms with Crippen LogP contribution in [0.1, 0.15) is 82.8 Å². The molecule has 1 amide bonds. The maximum Gasteiger partial charge on any atom is 0.220 e. The van der Waals surface area contributed by atoms with E-state index in [1.165, 1.54) is 0 Å². The second-order valence-electron chi connectivity index (χ2n) is 15.6. The highest BCUT2D eigenvalue weighted by molar-refractivity contribution is 5.77. The SMILES string of the molecule is CC1C(NC(=O)C[C@H]2CC[C@H](C)[C@@H](C)[C@@H]2C=Cc2ccc(-c3ccccc3C#N)cn2)C[C@H](C)[C@@H](C)[C@@H]1C=Cc1ccc(-c2ccccc2C#N)cn1. The molecule has 1 N–H and O–H groups in total. The summed E-state index contributed by atoms with van der Waals surface area (Å²) < 4.78 is 0. The van der Waals surface area contributed by atoms with Crippen LogP contribution in [0.15, 0.2) is 97.3 Å². The van der Waals surface area contributed by atoms with Crippen molar-refractivity contribution >= 4 is 18.1 Å². The number of hydrogen-bond donors (Lipinski definition) is 1. The third kappa shape index (κ3) is 8.66. The number of amides is 1. The molecular weight excluding hydrogens is 651 g/mol. The molecule has 2 saturated carbocycles. The molecule has 0 aliphatic heterocycles. The summed E-state index contributed by atoms with van der Waals surface area (Å²) in [4.78, 5) is 23.2. The number of aromatic nitrogens is 2. The molecule has 0 radical (unpaired) electrons. The number of carbonyl (C=O) groups excluding carboxylic acids is 1. The average Bonchev–Trinajstić information content (AvgIpc) is 3.18. The van der Waals surface area contributed by atoms with E-state index < -0.39 is 0 Å². The lowest BCUT2D eigenvalue weighted by Gasteiger charge is -2.44. The van der Waals surface area contributed by atoms with Crippen LogP contribution in [0, 0.1) is 70.0 Å². The maximum atomic E-state index is 13.8. The summed E-state index contributed by atoms with van der Waals surface area (Å²) in [6, 6.07) is 27.9. The molecule has 53 heavy (non-hydrogen) atoms. The quantitative estimate of drug-likeness (QED) is 0.187. The van der Waals surface area contributed by atoms with Crippen molar-refractivity contribution in [3.63, 3.8) is 0 Å². The summed E-state index contributed by atoms with van der Waals surface area (Å²) in [7, 11) is 0. The largest absolute Gasteiger partial charge is 0.353 e. The van der Waals surface area contributed by atoms with Crippen molar-refractivity contribution < 1.29 is 4.79 Å². The van der Waals surface area contributed by atoms with Crippen LogP contribution < -0.4 is 5.32 Å². The van der Waals surface area contributed by atoms with Crippen LogP contribution in [0.4, 0.5) is 0 Å². The molecule has 2 aliphatic carbocycles. The molecule has 2 heterocycles. The van der Waals surface area contributed by atoms with Gasteiger partial charge in [0.1, 0.15) is 0 Å². The number of allylic oxidation sites excluding steroid dienone is 2. The summed E-state index contributed by atoms with van der Waals surface area (Å²) >= 11 is 0. The molecule has 2 aliphatic rings. The monoisotopic (exact) mass is 701 g/mol. The van der Waals surface area contributed by atoms with E-state index in [-0.39, 0.29) is 23.8 Å². The first-order valence-electron chi connectivity index (χ1n) is 19.2. The zero-order valence-electron chi connectivity index (χ0n) is 31.6.